The van der Waals surface area contributed by atoms with Crippen LogP contribution in [0.25, 0.3) is 11.3 Å². The summed E-state index contributed by atoms with van der Waals surface area (Å²) >= 11 is 5.75. The van der Waals surface area contributed by atoms with Gasteiger partial charge in [0.05, 0.1) is 10.7 Å². The molecular weight excluding hydrogens is 412 g/mol. The second-order valence-electron chi connectivity index (χ2n) is 6.82. The zero-order chi connectivity index (χ0) is 21.1. The molecule has 9 heteroatoms. The smallest absolute Gasteiger partial charge is 0.321 e. The van der Waals surface area contributed by atoms with Crippen molar-refractivity contribution in [3.63, 3.8) is 0 Å². The number of hydrogen-bond acceptors (Lipinski definition) is 4. The number of amides is 2. The number of benzene rings is 2. The first kappa shape index (κ1) is 20.0. The Bertz CT molecular complexity index is 1040. The highest BCUT2D eigenvalue weighted by Crippen LogP contribution is 2.21. The Morgan fingerprint density at radius 2 is 1.67 bits per heavy atom. The number of rotatable bonds is 3. The van der Waals surface area contributed by atoms with Crippen molar-refractivity contribution in [1.82, 2.24) is 15.1 Å². The van der Waals surface area contributed by atoms with Crippen LogP contribution in [-0.4, -0.2) is 47.3 Å². The van der Waals surface area contributed by atoms with Gasteiger partial charge in [-0.1, -0.05) is 11.6 Å². The summed E-state index contributed by atoms with van der Waals surface area (Å²) < 4.78 is 26.3. The van der Waals surface area contributed by atoms with E-state index in [-0.39, 0.29) is 16.9 Å². The summed E-state index contributed by atoms with van der Waals surface area (Å²) in [6, 6.07) is 13.6. The van der Waals surface area contributed by atoms with Crippen LogP contribution in [0.4, 0.5) is 25.1 Å². The maximum atomic E-state index is 13.2. The lowest BCUT2D eigenvalue weighted by Crippen LogP contribution is -2.50. The molecule has 3 aromatic rings. The van der Waals surface area contributed by atoms with Gasteiger partial charge < -0.3 is 15.1 Å². The van der Waals surface area contributed by atoms with Gasteiger partial charge in [-0.15, -0.1) is 10.2 Å². The Labute approximate surface area is 177 Å². The first-order valence-electron chi connectivity index (χ1n) is 9.35. The van der Waals surface area contributed by atoms with Crippen molar-refractivity contribution in [3.8, 4) is 11.3 Å². The minimum absolute atomic E-state index is 0.0414. The average molecular weight is 430 g/mol. The number of nitrogens with zero attached hydrogens (tertiary/aromatic N) is 4. The summed E-state index contributed by atoms with van der Waals surface area (Å²) in [6.45, 7) is 2.20. The van der Waals surface area contributed by atoms with E-state index in [4.69, 9.17) is 11.6 Å². The highest BCUT2D eigenvalue weighted by molar-refractivity contribution is 6.31. The molecule has 30 heavy (non-hydrogen) atoms. The van der Waals surface area contributed by atoms with Gasteiger partial charge in [-0.2, -0.15) is 0 Å². The van der Waals surface area contributed by atoms with Gasteiger partial charge in [0, 0.05) is 37.4 Å². The average Bonchev–Trinajstić information content (AvgIpc) is 2.77. The van der Waals surface area contributed by atoms with Crippen LogP contribution in [-0.2, 0) is 0 Å². The molecular formula is C21H18ClF2N5O. The fourth-order valence-electron chi connectivity index (χ4n) is 3.18. The maximum absolute atomic E-state index is 13.2. The Morgan fingerprint density at radius 1 is 0.933 bits per heavy atom. The van der Waals surface area contributed by atoms with Gasteiger partial charge in [0.1, 0.15) is 11.6 Å². The number of anilines is 2. The third-order valence-electron chi connectivity index (χ3n) is 4.85. The zero-order valence-electron chi connectivity index (χ0n) is 15.9. The zero-order valence-corrected chi connectivity index (χ0v) is 16.6. The van der Waals surface area contributed by atoms with Crippen LogP contribution >= 0.6 is 11.6 Å². The summed E-state index contributed by atoms with van der Waals surface area (Å²) in [5.41, 5.74) is 1.89. The van der Waals surface area contributed by atoms with Gasteiger partial charge >= 0.3 is 6.03 Å². The molecule has 1 aliphatic heterocycles. The minimum atomic E-state index is -0.533. The predicted octanol–water partition coefficient (Wildman–Crippen LogP) is 4.43. The number of aromatic nitrogens is 2. The van der Waals surface area contributed by atoms with Crippen molar-refractivity contribution >= 4 is 29.1 Å². The molecule has 1 N–H and O–H groups in total. The number of carbonyl (C=O) groups excluding carboxylic acids is 1. The summed E-state index contributed by atoms with van der Waals surface area (Å²) in [5, 5.41) is 11.2. The lowest BCUT2D eigenvalue weighted by Gasteiger charge is -2.35. The summed E-state index contributed by atoms with van der Waals surface area (Å²) in [6.07, 6.45) is 0. The van der Waals surface area contributed by atoms with Crippen LogP contribution in [0.3, 0.4) is 0 Å². The predicted molar refractivity (Wildman–Crippen MR) is 112 cm³/mol. The van der Waals surface area contributed by atoms with Gasteiger partial charge in [-0.25, -0.2) is 13.6 Å². The van der Waals surface area contributed by atoms with Crippen molar-refractivity contribution in [2.24, 2.45) is 0 Å². The second kappa shape index (κ2) is 8.62. The van der Waals surface area contributed by atoms with Crippen molar-refractivity contribution in [2.75, 3.05) is 36.4 Å². The largest absolute Gasteiger partial charge is 0.352 e. The lowest BCUT2D eigenvalue weighted by molar-refractivity contribution is 0.208. The van der Waals surface area contributed by atoms with E-state index in [1.54, 1.807) is 17.0 Å². The van der Waals surface area contributed by atoms with Crippen LogP contribution < -0.4 is 10.2 Å². The van der Waals surface area contributed by atoms with E-state index in [0.717, 1.165) is 5.56 Å². The lowest BCUT2D eigenvalue weighted by atomic mass is 10.1. The Balaban J connectivity index is 1.34. The van der Waals surface area contributed by atoms with Crippen LogP contribution in [0.5, 0.6) is 0 Å². The highest BCUT2D eigenvalue weighted by Gasteiger charge is 2.22. The standard InChI is InChI=1S/C21H18ClF2N5O/c22-17-13-16(5-6-18(17)24)25-21(30)29-11-9-28(10-12-29)20-8-7-19(26-27-20)14-1-3-15(23)4-2-14/h1-8,13H,9-12H2,(H,25,30). The van der Waals surface area contributed by atoms with Gasteiger partial charge in [0.25, 0.3) is 0 Å². The molecule has 4 rings (SSSR count). The molecule has 2 heterocycles. The first-order valence-corrected chi connectivity index (χ1v) is 9.73. The van der Waals surface area contributed by atoms with Crippen molar-refractivity contribution in [3.05, 3.63) is 71.3 Å². The molecule has 2 aromatic carbocycles. The van der Waals surface area contributed by atoms with Crippen LogP contribution in [0.15, 0.2) is 54.6 Å². The highest BCUT2D eigenvalue weighted by atomic mass is 35.5. The monoisotopic (exact) mass is 429 g/mol. The van der Waals surface area contributed by atoms with Gasteiger partial charge in [0.15, 0.2) is 5.82 Å². The minimum Gasteiger partial charge on any atom is -0.352 e. The van der Waals surface area contributed by atoms with E-state index >= 15 is 0 Å². The molecule has 1 saturated heterocycles. The molecule has 0 unspecified atom stereocenters. The molecule has 1 aromatic heterocycles. The molecule has 2 amide bonds. The molecule has 0 atom stereocenters. The van der Waals surface area contributed by atoms with E-state index in [1.165, 1.54) is 30.3 Å². The third-order valence-corrected chi connectivity index (χ3v) is 5.14. The van der Waals surface area contributed by atoms with Gasteiger partial charge in [-0.3, -0.25) is 0 Å². The summed E-state index contributed by atoms with van der Waals surface area (Å²) in [4.78, 5) is 16.2. The SMILES string of the molecule is O=C(Nc1ccc(F)c(Cl)c1)N1CCN(c2ccc(-c3ccc(F)cc3)nn2)CC1. The van der Waals surface area contributed by atoms with E-state index < -0.39 is 5.82 Å². The normalized spacial score (nSPS) is 14.0. The number of piperazine rings is 1. The van der Waals surface area contributed by atoms with Crippen LogP contribution in [0.2, 0.25) is 5.02 Å². The number of halogens is 3. The Kier molecular flexibility index (Phi) is 5.76. The number of carbonyl (C=O) groups is 1. The quantitative estimate of drug-likeness (QED) is 0.669. The van der Waals surface area contributed by atoms with Gasteiger partial charge in [0.2, 0.25) is 0 Å². The maximum Gasteiger partial charge on any atom is 0.321 e. The molecule has 0 spiro atoms. The fourth-order valence-corrected chi connectivity index (χ4v) is 3.36. The van der Waals surface area contributed by atoms with E-state index in [2.05, 4.69) is 15.5 Å². The fraction of sp³-hybridized carbons (Fsp3) is 0.190. The molecule has 0 radical (unpaired) electrons. The van der Waals surface area contributed by atoms with E-state index in [9.17, 15) is 13.6 Å². The van der Waals surface area contributed by atoms with Crippen molar-refractivity contribution < 1.29 is 13.6 Å². The summed E-state index contributed by atoms with van der Waals surface area (Å²) in [5.74, 6) is -0.117. The number of hydrogen-bond donors (Lipinski definition) is 1. The third kappa shape index (κ3) is 4.49. The molecule has 0 aliphatic carbocycles. The first-order chi connectivity index (χ1) is 14.5. The van der Waals surface area contributed by atoms with Crippen LogP contribution in [0.1, 0.15) is 0 Å². The van der Waals surface area contributed by atoms with E-state index in [1.807, 2.05) is 17.0 Å². The molecule has 0 bridgehead atoms. The molecule has 1 fully saturated rings. The topological polar surface area (TPSA) is 61.4 Å². The molecule has 154 valence electrons. The Hall–Kier alpha value is -3.26. The van der Waals surface area contributed by atoms with Crippen LogP contribution in [0, 0.1) is 11.6 Å². The second-order valence-corrected chi connectivity index (χ2v) is 7.22. The van der Waals surface area contributed by atoms with Gasteiger partial charge in [-0.05, 0) is 54.6 Å². The van der Waals surface area contributed by atoms with Crippen molar-refractivity contribution in [1.29, 1.82) is 0 Å². The molecule has 0 saturated carbocycles. The van der Waals surface area contributed by atoms with Crippen molar-refractivity contribution in [2.45, 2.75) is 0 Å². The molecule has 1 aliphatic rings. The number of nitrogens with one attached hydrogen (secondary N) is 1. The Morgan fingerprint density at radius 3 is 2.30 bits per heavy atom. The summed E-state index contributed by atoms with van der Waals surface area (Å²) in [7, 11) is 0. The number of urea groups is 1. The molecule has 6 nitrogen and oxygen atoms in total. The van der Waals surface area contributed by atoms with E-state index in [0.29, 0.717) is 43.4 Å².